The second-order valence-corrected chi connectivity index (χ2v) is 31.3. The molecule has 0 heterocycles. The van der Waals surface area contributed by atoms with Crippen LogP contribution in [0.25, 0.3) is 156 Å². The van der Waals surface area contributed by atoms with Gasteiger partial charge in [0.25, 0.3) is 0 Å². The summed E-state index contributed by atoms with van der Waals surface area (Å²) in [6.07, 6.45) is 0. The van der Waals surface area contributed by atoms with Crippen molar-refractivity contribution in [2.24, 2.45) is 0 Å². The lowest BCUT2D eigenvalue weighted by Crippen LogP contribution is -2.26. The van der Waals surface area contributed by atoms with E-state index in [0.717, 1.165) is 165 Å². The van der Waals surface area contributed by atoms with Crippen molar-refractivity contribution in [3.63, 3.8) is 0 Å². The molecule has 16 aromatic carbocycles. The summed E-state index contributed by atoms with van der Waals surface area (Å²) in [5, 5.41) is 7.51. The monoisotopic (exact) mass is 1580 g/mol. The largest absolute Gasteiger partial charge is 0.343 e. The average Bonchev–Trinajstić information content (AvgIpc) is 0.751. The van der Waals surface area contributed by atoms with Crippen LogP contribution in [-0.2, 0) is 0 Å². The number of hydrogen-bond acceptors (Lipinski definition) is 2. The van der Waals surface area contributed by atoms with Crippen LogP contribution in [0.2, 0.25) is 0 Å². The van der Waals surface area contributed by atoms with E-state index in [0.29, 0.717) is 9.98 Å². The molecule has 0 atom stereocenters. The molecule has 0 saturated carbocycles. The summed E-state index contributed by atoms with van der Waals surface area (Å²) in [4.78, 5) is 0.709. The van der Waals surface area contributed by atoms with Gasteiger partial charge < -0.3 is 10.6 Å². The number of aryl methyl sites for hydroxylation is 6. The fourth-order valence-electron chi connectivity index (χ4n) is 14.8. The van der Waals surface area contributed by atoms with Crippen LogP contribution in [0.1, 0.15) is 33.4 Å². The predicted molar refractivity (Wildman–Crippen MR) is 485 cm³/mol. The quantitative estimate of drug-likeness (QED) is 0.0942. The van der Waals surface area contributed by atoms with Gasteiger partial charge in [0.15, 0.2) is 0 Å². The van der Waals surface area contributed by atoms with Gasteiger partial charge in [0, 0.05) is 20.1 Å². The molecule has 0 aliphatic rings. The van der Waals surface area contributed by atoms with E-state index in [-0.39, 0.29) is 0 Å². The molecule has 0 unspecified atom stereocenters. The first-order chi connectivity index (χ1) is 53.6. The van der Waals surface area contributed by atoms with Crippen LogP contribution in [0, 0.1) is 41.5 Å². The van der Waals surface area contributed by atoms with Crippen molar-refractivity contribution in [3.05, 3.63) is 394 Å². The molecule has 0 aliphatic heterocycles. The van der Waals surface area contributed by atoms with Crippen LogP contribution < -0.4 is 10.6 Å². The Morgan fingerprint density at radius 3 is 0.627 bits per heavy atom. The number of halogens is 2. The summed E-state index contributed by atoms with van der Waals surface area (Å²) < 4.78 is 1.59. The molecule has 0 spiro atoms. The molecule has 0 saturated heterocycles. The standard InChI is InChI=1S/C104H78Br2N2S2/c1-65-17-29-73(30-18-65)77-41-49-81(50-42-77)91-57-87(71-13-9-7-10-14-71)58-92(82-51-43-78(44-52-82)74-31-19-66(2)20-32-74)99(91)89-61-95(85-37-25-69(5)26-38-85)101(96(62-89)86-39-27-70(6)28-40-86)107-103(109)104(110)108-102-97(105)63-90(64-98(102)106)100-93(83-53-45-79(46-54-83)75-33-21-67(3)22-34-75)59-88(72-15-11-8-12-16-72)60-94(100)84-55-47-80(48-56-84)76-35-23-68(4)24-36-76/h7-64H,1-6H3,(H,107,109)(H,108,110). The lowest BCUT2D eigenvalue weighted by atomic mass is 9.82. The molecule has 530 valence electrons. The fourth-order valence-corrected chi connectivity index (χ4v) is 16.5. The van der Waals surface area contributed by atoms with E-state index in [9.17, 15) is 0 Å². The van der Waals surface area contributed by atoms with Gasteiger partial charge in [-0.25, -0.2) is 0 Å². The summed E-state index contributed by atoms with van der Waals surface area (Å²) >= 11 is 21.4. The maximum absolute atomic E-state index is 6.61. The van der Waals surface area contributed by atoms with E-state index in [1.165, 1.54) is 44.5 Å². The number of rotatable bonds is 16. The van der Waals surface area contributed by atoms with Crippen molar-refractivity contribution >= 4 is 77.6 Å². The van der Waals surface area contributed by atoms with E-state index < -0.39 is 0 Å². The fraction of sp³-hybridized carbons (Fsp3) is 0.0577. The van der Waals surface area contributed by atoms with Crippen LogP contribution in [0.4, 0.5) is 11.4 Å². The average molecular weight is 1580 g/mol. The van der Waals surface area contributed by atoms with Crippen LogP contribution in [-0.4, -0.2) is 9.98 Å². The third kappa shape index (κ3) is 15.6. The molecule has 2 nitrogen and oxygen atoms in total. The smallest absolute Gasteiger partial charge is 0.138 e. The zero-order valence-corrected chi connectivity index (χ0v) is 66.9. The van der Waals surface area contributed by atoms with E-state index >= 15 is 0 Å². The van der Waals surface area contributed by atoms with Crippen LogP contribution in [0.5, 0.6) is 0 Å². The van der Waals surface area contributed by atoms with Gasteiger partial charge in [-0.2, -0.15) is 0 Å². The first-order valence-electron chi connectivity index (χ1n) is 37.2. The maximum Gasteiger partial charge on any atom is 0.138 e. The van der Waals surface area contributed by atoms with Crippen molar-refractivity contribution in [3.8, 4) is 156 Å². The molecule has 0 aliphatic carbocycles. The zero-order chi connectivity index (χ0) is 75.5. The molecule has 0 aromatic heterocycles. The Morgan fingerprint density at radius 2 is 0.373 bits per heavy atom. The summed E-state index contributed by atoms with van der Waals surface area (Å²) in [6.45, 7) is 12.8. The summed E-state index contributed by atoms with van der Waals surface area (Å²) in [5.74, 6) is 0. The number of hydrogen-bond donors (Lipinski definition) is 2. The Morgan fingerprint density at radius 1 is 0.191 bits per heavy atom. The third-order valence-electron chi connectivity index (χ3n) is 21.0. The molecule has 16 aromatic rings. The molecule has 0 bridgehead atoms. The van der Waals surface area contributed by atoms with Gasteiger partial charge in [-0.05, 0) is 267 Å². The van der Waals surface area contributed by atoms with Gasteiger partial charge >= 0.3 is 0 Å². The van der Waals surface area contributed by atoms with Gasteiger partial charge in [-0.15, -0.1) is 0 Å². The summed E-state index contributed by atoms with van der Waals surface area (Å²) in [5.41, 5.74) is 39.5. The van der Waals surface area contributed by atoms with Gasteiger partial charge in [0.05, 0.1) is 11.4 Å². The predicted octanol–water partition coefficient (Wildman–Crippen LogP) is 30.6. The molecule has 6 heteroatoms. The minimum absolute atomic E-state index is 0.350. The first-order valence-corrected chi connectivity index (χ1v) is 39.6. The second kappa shape index (κ2) is 31.8. The molecule has 16 rings (SSSR count). The van der Waals surface area contributed by atoms with Gasteiger partial charge in [-0.3, -0.25) is 0 Å². The van der Waals surface area contributed by atoms with Crippen molar-refractivity contribution in [1.82, 2.24) is 0 Å². The minimum Gasteiger partial charge on any atom is -0.343 e. The van der Waals surface area contributed by atoms with E-state index in [1.54, 1.807) is 0 Å². The Balaban J connectivity index is 0.826. The molecular weight excluding hydrogens is 1500 g/mol. The zero-order valence-electron chi connectivity index (χ0n) is 62.1. The minimum atomic E-state index is 0.350. The van der Waals surface area contributed by atoms with Crippen LogP contribution >= 0.6 is 56.3 Å². The molecule has 110 heavy (non-hydrogen) atoms. The van der Waals surface area contributed by atoms with Crippen molar-refractivity contribution in [2.75, 3.05) is 10.6 Å². The van der Waals surface area contributed by atoms with Crippen molar-refractivity contribution in [2.45, 2.75) is 41.5 Å². The third-order valence-corrected chi connectivity index (χ3v) is 23.0. The van der Waals surface area contributed by atoms with Crippen molar-refractivity contribution in [1.29, 1.82) is 0 Å². The lowest BCUT2D eigenvalue weighted by Gasteiger charge is -2.24. The SMILES string of the molecule is Cc1ccc(-c2ccc(-c3cc(-c4ccccc4)cc(-c4ccc(-c5ccc(C)cc5)cc4)c3-c3cc(Br)c(NC(=S)C(=S)Nc4c(-c5ccc(C)cc5)cc(-c5c(-c6ccc(-c7ccc(C)cc7)cc6)cc(-c6ccccc6)cc5-c5ccc(-c6ccc(C)cc6)cc5)cc4-c4ccc(C)cc4)c(Br)c3)cc2)cc1. The van der Waals surface area contributed by atoms with Crippen molar-refractivity contribution < 1.29 is 0 Å². The Hall–Kier alpha value is -11.7. The first kappa shape index (κ1) is 72.5. The Kier molecular flexibility index (Phi) is 21.0. The highest BCUT2D eigenvalue weighted by atomic mass is 79.9. The van der Waals surface area contributed by atoms with E-state index in [4.69, 9.17) is 24.4 Å². The highest BCUT2D eigenvalue weighted by molar-refractivity contribution is 9.11. The Bertz CT molecular complexity index is 5770. The van der Waals surface area contributed by atoms with Gasteiger partial charge in [0.2, 0.25) is 0 Å². The highest BCUT2D eigenvalue weighted by Gasteiger charge is 2.26. The van der Waals surface area contributed by atoms with Gasteiger partial charge in [-0.1, -0.05) is 361 Å². The Labute approximate surface area is 674 Å². The molecular formula is C104H78Br2N2S2. The van der Waals surface area contributed by atoms with E-state index in [1.807, 2.05) is 0 Å². The summed E-state index contributed by atoms with van der Waals surface area (Å²) in [7, 11) is 0. The molecule has 2 N–H and O–H groups in total. The molecule has 0 fully saturated rings. The van der Waals surface area contributed by atoms with Crippen LogP contribution in [0.3, 0.4) is 0 Å². The highest BCUT2D eigenvalue weighted by Crippen LogP contribution is 2.51. The summed E-state index contributed by atoms with van der Waals surface area (Å²) in [6, 6.07) is 129. The number of benzene rings is 16. The molecule has 0 amide bonds. The topological polar surface area (TPSA) is 24.1 Å². The maximum atomic E-state index is 6.61. The van der Waals surface area contributed by atoms with E-state index in [2.05, 4.69) is 436 Å². The normalized spacial score (nSPS) is 11.2. The number of thiocarbonyl (C=S) groups is 2. The second-order valence-electron chi connectivity index (χ2n) is 28.8. The van der Waals surface area contributed by atoms with Crippen LogP contribution in [0.15, 0.2) is 361 Å². The number of anilines is 2. The number of nitrogens with one attached hydrogen (secondary N) is 2. The molecule has 0 radical (unpaired) electrons. The van der Waals surface area contributed by atoms with Gasteiger partial charge in [0.1, 0.15) is 9.98 Å². The lowest BCUT2D eigenvalue weighted by molar-refractivity contribution is 1.45.